The van der Waals surface area contributed by atoms with Gasteiger partial charge in [0.25, 0.3) is 0 Å². The molecule has 0 aliphatic heterocycles. The van der Waals surface area contributed by atoms with Gasteiger partial charge >= 0.3 is 11.9 Å². The Balaban J connectivity index is 3.60. The van der Waals surface area contributed by atoms with Gasteiger partial charge in [-0.05, 0) is 6.42 Å². The molecule has 11 heavy (non-hydrogen) atoms. The van der Waals surface area contributed by atoms with Crippen LogP contribution in [0.1, 0.15) is 12.8 Å². The number of carboxylic acids is 1. The highest BCUT2D eigenvalue weighted by Crippen LogP contribution is 1.95. The molecule has 0 bridgehead atoms. The number of carbonyl (C=O) groups is 2. The van der Waals surface area contributed by atoms with Crippen LogP contribution >= 0.6 is 0 Å². The van der Waals surface area contributed by atoms with Gasteiger partial charge in [-0.25, -0.2) is 4.79 Å². The van der Waals surface area contributed by atoms with Crippen molar-refractivity contribution >= 4 is 11.9 Å². The minimum absolute atomic E-state index is 0.0469. The van der Waals surface area contributed by atoms with Gasteiger partial charge in [-0.3, -0.25) is 9.68 Å². The molecule has 0 aromatic rings. The fourth-order valence-electron chi connectivity index (χ4n) is 0.465. The maximum Gasteiger partial charge on any atom is 0.358 e. The SMILES string of the molecule is NC(CCC(=O)O)C(=O)OO. The largest absolute Gasteiger partial charge is 0.481 e. The lowest BCUT2D eigenvalue weighted by Gasteiger charge is -2.03. The van der Waals surface area contributed by atoms with Crippen LogP contribution in [0.15, 0.2) is 0 Å². The van der Waals surface area contributed by atoms with Crippen molar-refractivity contribution in [3.8, 4) is 0 Å². The number of carbonyl (C=O) groups excluding carboxylic acids is 1. The molecule has 0 spiro atoms. The van der Waals surface area contributed by atoms with E-state index in [1.54, 1.807) is 0 Å². The monoisotopic (exact) mass is 163 g/mol. The summed E-state index contributed by atoms with van der Waals surface area (Å²) in [6, 6.07) is -1.07. The van der Waals surface area contributed by atoms with E-state index >= 15 is 0 Å². The van der Waals surface area contributed by atoms with Crippen LogP contribution < -0.4 is 5.73 Å². The second kappa shape index (κ2) is 4.64. The lowest BCUT2D eigenvalue weighted by molar-refractivity contribution is -0.235. The molecular weight excluding hydrogens is 154 g/mol. The second-order valence-corrected chi connectivity index (χ2v) is 1.95. The van der Waals surface area contributed by atoms with Crippen LogP contribution in [0.25, 0.3) is 0 Å². The molecule has 4 N–H and O–H groups in total. The van der Waals surface area contributed by atoms with Crippen molar-refractivity contribution in [2.45, 2.75) is 18.9 Å². The van der Waals surface area contributed by atoms with E-state index in [0.717, 1.165) is 0 Å². The maximum atomic E-state index is 10.3. The zero-order valence-electron chi connectivity index (χ0n) is 5.69. The molecule has 0 amide bonds. The van der Waals surface area contributed by atoms with E-state index in [-0.39, 0.29) is 12.8 Å². The Morgan fingerprint density at radius 2 is 2.09 bits per heavy atom. The zero-order chi connectivity index (χ0) is 8.85. The van der Waals surface area contributed by atoms with Crippen molar-refractivity contribution in [2.75, 3.05) is 0 Å². The van der Waals surface area contributed by atoms with Crippen molar-refractivity contribution < 1.29 is 24.8 Å². The van der Waals surface area contributed by atoms with E-state index < -0.39 is 18.0 Å². The van der Waals surface area contributed by atoms with Gasteiger partial charge in [0, 0.05) is 6.42 Å². The standard InChI is InChI=1S/C5H9NO5/c6-3(5(9)11-10)1-2-4(7)8/h3,10H,1-2,6H2,(H,7,8). The first-order valence-electron chi connectivity index (χ1n) is 2.90. The predicted molar refractivity (Wildman–Crippen MR) is 33.6 cm³/mol. The molecule has 0 saturated heterocycles. The highest BCUT2D eigenvalue weighted by molar-refractivity contribution is 5.76. The molecular formula is C5H9NO5. The van der Waals surface area contributed by atoms with Crippen molar-refractivity contribution in [1.82, 2.24) is 0 Å². The van der Waals surface area contributed by atoms with Crippen LogP contribution in [0.5, 0.6) is 0 Å². The number of hydrogen-bond acceptors (Lipinski definition) is 5. The van der Waals surface area contributed by atoms with Crippen molar-refractivity contribution in [3.05, 3.63) is 0 Å². The van der Waals surface area contributed by atoms with Crippen LogP contribution in [-0.4, -0.2) is 28.3 Å². The first-order valence-corrected chi connectivity index (χ1v) is 2.90. The predicted octanol–water partition coefficient (Wildman–Crippen LogP) is -0.805. The van der Waals surface area contributed by atoms with E-state index in [9.17, 15) is 9.59 Å². The topological polar surface area (TPSA) is 110 Å². The Hall–Kier alpha value is -1.14. The molecule has 6 heteroatoms. The summed E-state index contributed by atoms with van der Waals surface area (Å²) in [5.74, 6) is -2.07. The second-order valence-electron chi connectivity index (χ2n) is 1.95. The van der Waals surface area contributed by atoms with Gasteiger partial charge in [0.1, 0.15) is 6.04 Å². The number of hydrogen-bond donors (Lipinski definition) is 3. The molecule has 64 valence electrons. The van der Waals surface area contributed by atoms with Crippen LogP contribution in [0.4, 0.5) is 0 Å². The van der Waals surface area contributed by atoms with Gasteiger partial charge in [-0.1, -0.05) is 0 Å². The summed E-state index contributed by atoms with van der Waals surface area (Å²) in [5.41, 5.74) is 5.08. The molecule has 1 unspecified atom stereocenters. The van der Waals surface area contributed by atoms with Gasteiger partial charge in [0.15, 0.2) is 0 Å². The third-order valence-electron chi connectivity index (χ3n) is 1.06. The highest BCUT2D eigenvalue weighted by atomic mass is 17.1. The molecule has 0 heterocycles. The Morgan fingerprint density at radius 1 is 1.55 bits per heavy atom. The maximum absolute atomic E-state index is 10.3. The first-order chi connectivity index (χ1) is 5.07. The number of rotatable bonds is 4. The Kier molecular flexibility index (Phi) is 4.16. The zero-order valence-corrected chi connectivity index (χ0v) is 5.69. The quantitative estimate of drug-likeness (QED) is 0.369. The van der Waals surface area contributed by atoms with Gasteiger partial charge in [-0.2, -0.15) is 5.26 Å². The summed E-state index contributed by atoms with van der Waals surface area (Å²) in [7, 11) is 0. The lowest BCUT2D eigenvalue weighted by atomic mass is 10.2. The summed E-state index contributed by atoms with van der Waals surface area (Å²) in [6.07, 6.45) is -0.273. The van der Waals surface area contributed by atoms with Crippen LogP contribution in [-0.2, 0) is 14.5 Å². The molecule has 0 saturated carbocycles. The molecule has 0 aliphatic carbocycles. The Morgan fingerprint density at radius 3 is 2.45 bits per heavy atom. The van der Waals surface area contributed by atoms with Gasteiger partial charge < -0.3 is 10.8 Å². The summed E-state index contributed by atoms with van der Waals surface area (Å²) in [6.45, 7) is 0. The van der Waals surface area contributed by atoms with Crippen LogP contribution in [0.2, 0.25) is 0 Å². The Bertz CT molecular complexity index is 157. The average Bonchev–Trinajstić information content (AvgIpc) is 1.98. The van der Waals surface area contributed by atoms with E-state index in [2.05, 4.69) is 4.89 Å². The Labute approximate surface area is 62.5 Å². The number of nitrogens with two attached hydrogens (primary N) is 1. The normalized spacial score (nSPS) is 12.2. The smallest absolute Gasteiger partial charge is 0.358 e. The third kappa shape index (κ3) is 4.29. The highest BCUT2D eigenvalue weighted by Gasteiger charge is 2.15. The molecule has 0 aromatic carbocycles. The fraction of sp³-hybridized carbons (Fsp3) is 0.600. The lowest BCUT2D eigenvalue weighted by Crippen LogP contribution is -2.32. The van der Waals surface area contributed by atoms with Crippen molar-refractivity contribution in [1.29, 1.82) is 0 Å². The minimum Gasteiger partial charge on any atom is -0.481 e. The van der Waals surface area contributed by atoms with E-state index in [4.69, 9.17) is 16.1 Å². The van der Waals surface area contributed by atoms with E-state index in [0.29, 0.717) is 0 Å². The first kappa shape index (κ1) is 9.86. The van der Waals surface area contributed by atoms with Crippen molar-refractivity contribution in [2.24, 2.45) is 5.73 Å². The van der Waals surface area contributed by atoms with Crippen molar-refractivity contribution in [3.63, 3.8) is 0 Å². The van der Waals surface area contributed by atoms with Gasteiger partial charge in [-0.15, -0.1) is 0 Å². The van der Waals surface area contributed by atoms with E-state index in [1.165, 1.54) is 0 Å². The molecule has 1 atom stereocenters. The molecule has 0 rings (SSSR count). The number of aliphatic carboxylic acids is 1. The summed E-state index contributed by atoms with van der Waals surface area (Å²) in [4.78, 5) is 23.6. The van der Waals surface area contributed by atoms with Crippen LogP contribution in [0.3, 0.4) is 0 Å². The van der Waals surface area contributed by atoms with Gasteiger partial charge in [0.05, 0.1) is 0 Å². The molecule has 0 aromatic heterocycles. The molecule has 0 radical (unpaired) electrons. The summed E-state index contributed by atoms with van der Waals surface area (Å²) in [5, 5.41) is 15.9. The van der Waals surface area contributed by atoms with Gasteiger partial charge in [0.2, 0.25) is 0 Å². The minimum atomic E-state index is -1.07. The summed E-state index contributed by atoms with van der Waals surface area (Å²) < 4.78 is 0. The molecule has 0 aliphatic rings. The average molecular weight is 163 g/mol. The summed E-state index contributed by atoms with van der Waals surface area (Å²) >= 11 is 0. The third-order valence-corrected chi connectivity index (χ3v) is 1.06. The van der Waals surface area contributed by atoms with Crippen LogP contribution in [0, 0.1) is 0 Å². The molecule has 6 nitrogen and oxygen atoms in total. The molecule has 0 fully saturated rings. The fourth-order valence-corrected chi connectivity index (χ4v) is 0.465. The number of carboxylic acid groups (broad SMARTS) is 1. The van der Waals surface area contributed by atoms with E-state index in [1.807, 2.05) is 0 Å².